The van der Waals surface area contributed by atoms with Crippen LogP contribution in [0, 0.1) is 0 Å². The summed E-state index contributed by atoms with van der Waals surface area (Å²) in [5, 5.41) is 17.2. The van der Waals surface area contributed by atoms with Crippen LogP contribution in [-0.4, -0.2) is 17.2 Å². The van der Waals surface area contributed by atoms with Crippen molar-refractivity contribution in [2.24, 2.45) is 0 Å². The van der Waals surface area contributed by atoms with E-state index in [1.165, 1.54) is 6.42 Å². The Morgan fingerprint density at radius 1 is 1.00 bits per heavy atom. The topological polar surface area (TPSA) is 40.5 Å². The Balaban J connectivity index is 0.000000200. The van der Waals surface area contributed by atoms with Crippen molar-refractivity contribution in [3.05, 3.63) is 42.5 Å². The summed E-state index contributed by atoms with van der Waals surface area (Å²) in [6.07, 6.45) is 5.50. The van der Waals surface area contributed by atoms with Crippen LogP contribution in [0.15, 0.2) is 42.5 Å². The molecule has 0 aromatic heterocycles. The van der Waals surface area contributed by atoms with E-state index >= 15 is 0 Å². The standard InChI is InChI=1S/C6H7BO2.C3H4/c8-7(9)6-4-2-1-3-5-6;1-2-3-1/h1-5,8-9H;1-2H,3H2. The van der Waals surface area contributed by atoms with E-state index in [4.69, 9.17) is 10.0 Å². The Morgan fingerprint density at radius 3 is 1.75 bits per heavy atom. The number of allylic oxidation sites excluding steroid dienone is 2. The molecule has 62 valence electrons. The first-order valence-electron chi connectivity index (χ1n) is 3.87. The van der Waals surface area contributed by atoms with E-state index in [-0.39, 0.29) is 0 Å². The van der Waals surface area contributed by atoms with Gasteiger partial charge in [0.05, 0.1) is 0 Å². The molecule has 0 bridgehead atoms. The van der Waals surface area contributed by atoms with Crippen LogP contribution in [0.2, 0.25) is 0 Å². The average molecular weight is 162 g/mol. The second-order valence-electron chi connectivity index (χ2n) is 2.49. The normalized spacial score (nSPS) is 11.5. The largest absolute Gasteiger partial charge is 0.488 e. The molecule has 2 N–H and O–H groups in total. The molecule has 0 radical (unpaired) electrons. The molecule has 0 aliphatic heterocycles. The van der Waals surface area contributed by atoms with Crippen molar-refractivity contribution in [2.45, 2.75) is 6.42 Å². The van der Waals surface area contributed by atoms with Crippen LogP contribution in [0.1, 0.15) is 6.42 Å². The van der Waals surface area contributed by atoms with Gasteiger partial charge in [-0.1, -0.05) is 42.5 Å². The summed E-state index contributed by atoms with van der Waals surface area (Å²) in [6.45, 7) is 0. The van der Waals surface area contributed by atoms with Crippen molar-refractivity contribution < 1.29 is 10.0 Å². The first-order valence-corrected chi connectivity index (χ1v) is 3.87. The van der Waals surface area contributed by atoms with Crippen LogP contribution in [-0.2, 0) is 0 Å². The van der Waals surface area contributed by atoms with E-state index in [1.807, 2.05) is 6.07 Å². The number of rotatable bonds is 1. The molecular formula is C9H11BO2. The molecule has 0 unspecified atom stereocenters. The first-order chi connectivity index (χ1) is 5.80. The molecule has 1 aromatic carbocycles. The summed E-state index contributed by atoms with van der Waals surface area (Å²) in [6, 6.07) is 8.66. The lowest BCUT2D eigenvalue weighted by Gasteiger charge is -1.94. The Morgan fingerprint density at radius 2 is 1.50 bits per heavy atom. The molecule has 0 saturated carbocycles. The Bertz CT molecular complexity index is 240. The highest BCUT2D eigenvalue weighted by Crippen LogP contribution is 1.96. The molecular weight excluding hydrogens is 151 g/mol. The van der Waals surface area contributed by atoms with Crippen molar-refractivity contribution in [1.82, 2.24) is 0 Å². The fourth-order valence-electron chi connectivity index (χ4n) is 0.625. The fraction of sp³-hybridized carbons (Fsp3) is 0.111. The molecule has 0 atom stereocenters. The minimum Gasteiger partial charge on any atom is -0.423 e. The van der Waals surface area contributed by atoms with Gasteiger partial charge in [0, 0.05) is 0 Å². The number of hydrogen-bond donors (Lipinski definition) is 2. The summed E-state index contributed by atoms with van der Waals surface area (Å²) in [5.74, 6) is 0. The number of hydrogen-bond acceptors (Lipinski definition) is 2. The summed E-state index contributed by atoms with van der Waals surface area (Å²) in [7, 11) is -1.34. The van der Waals surface area contributed by atoms with Crippen molar-refractivity contribution in [3.63, 3.8) is 0 Å². The van der Waals surface area contributed by atoms with Gasteiger partial charge in [0.2, 0.25) is 0 Å². The van der Waals surface area contributed by atoms with Gasteiger partial charge in [0.1, 0.15) is 0 Å². The zero-order valence-corrected chi connectivity index (χ0v) is 6.72. The maximum absolute atomic E-state index is 8.58. The highest BCUT2D eigenvalue weighted by molar-refractivity contribution is 6.58. The predicted molar refractivity (Wildman–Crippen MR) is 50.0 cm³/mol. The molecule has 0 fully saturated rings. The van der Waals surface area contributed by atoms with E-state index in [9.17, 15) is 0 Å². The predicted octanol–water partition coefficient (Wildman–Crippen LogP) is 0.313. The van der Waals surface area contributed by atoms with Gasteiger partial charge < -0.3 is 10.0 Å². The van der Waals surface area contributed by atoms with Gasteiger partial charge in [-0.3, -0.25) is 0 Å². The van der Waals surface area contributed by atoms with Gasteiger partial charge in [-0.2, -0.15) is 0 Å². The third kappa shape index (κ3) is 3.96. The first kappa shape index (κ1) is 9.04. The molecule has 12 heavy (non-hydrogen) atoms. The molecule has 0 saturated heterocycles. The maximum Gasteiger partial charge on any atom is 0.488 e. The van der Waals surface area contributed by atoms with Crippen molar-refractivity contribution in [3.8, 4) is 0 Å². The molecule has 1 aromatic rings. The molecule has 1 aliphatic carbocycles. The van der Waals surface area contributed by atoms with E-state index in [0.29, 0.717) is 5.46 Å². The van der Waals surface area contributed by atoms with Crippen LogP contribution in [0.5, 0.6) is 0 Å². The van der Waals surface area contributed by atoms with Crippen LogP contribution in [0.4, 0.5) is 0 Å². The summed E-state index contributed by atoms with van der Waals surface area (Å²) in [5.41, 5.74) is 0.525. The third-order valence-corrected chi connectivity index (χ3v) is 1.33. The molecule has 3 heteroatoms. The van der Waals surface area contributed by atoms with Gasteiger partial charge >= 0.3 is 7.12 Å². The maximum atomic E-state index is 8.58. The zero-order valence-electron chi connectivity index (χ0n) is 6.72. The highest BCUT2D eigenvalue weighted by Gasteiger charge is 2.07. The molecule has 0 heterocycles. The highest BCUT2D eigenvalue weighted by atomic mass is 16.4. The van der Waals surface area contributed by atoms with Crippen molar-refractivity contribution >= 4 is 12.6 Å². The molecule has 2 rings (SSSR count). The van der Waals surface area contributed by atoms with E-state index < -0.39 is 7.12 Å². The molecule has 0 amide bonds. The van der Waals surface area contributed by atoms with Gasteiger partial charge in [-0.05, 0) is 11.9 Å². The Labute approximate surface area is 72.3 Å². The summed E-state index contributed by atoms with van der Waals surface area (Å²) < 4.78 is 0. The van der Waals surface area contributed by atoms with Crippen LogP contribution < -0.4 is 5.46 Å². The lowest BCUT2D eigenvalue weighted by Crippen LogP contribution is -2.29. The molecule has 0 spiro atoms. The van der Waals surface area contributed by atoms with E-state index in [1.54, 1.807) is 24.3 Å². The average Bonchev–Trinajstić information content (AvgIpc) is 2.92. The monoisotopic (exact) mass is 162 g/mol. The van der Waals surface area contributed by atoms with Gasteiger partial charge in [-0.15, -0.1) is 0 Å². The van der Waals surface area contributed by atoms with Gasteiger partial charge in [0.25, 0.3) is 0 Å². The Hall–Kier alpha value is -1.06. The third-order valence-electron chi connectivity index (χ3n) is 1.33. The number of benzene rings is 1. The zero-order chi connectivity index (χ0) is 8.81. The van der Waals surface area contributed by atoms with Crippen LogP contribution in [0.3, 0.4) is 0 Å². The fourth-order valence-corrected chi connectivity index (χ4v) is 0.625. The molecule has 2 nitrogen and oxygen atoms in total. The lowest BCUT2D eigenvalue weighted by atomic mass is 9.81. The van der Waals surface area contributed by atoms with Crippen molar-refractivity contribution in [1.29, 1.82) is 0 Å². The summed E-state index contributed by atoms with van der Waals surface area (Å²) >= 11 is 0. The van der Waals surface area contributed by atoms with Crippen LogP contribution in [0.25, 0.3) is 0 Å². The van der Waals surface area contributed by atoms with Gasteiger partial charge in [0.15, 0.2) is 0 Å². The van der Waals surface area contributed by atoms with Crippen LogP contribution >= 0.6 is 0 Å². The van der Waals surface area contributed by atoms with E-state index in [2.05, 4.69) is 12.2 Å². The second kappa shape index (κ2) is 4.75. The Kier molecular flexibility index (Phi) is 3.58. The lowest BCUT2D eigenvalue weighted by molar-refractivity contribution is 0.426. The van der Waals surface area contributed by atoms with Crippen molar-refractivity contribution in [2.75, 3.05) is 0 Å². The minimum atomic E-state index is -1.34. The quantitative estimate of drug-likeness (QED) is 0.460. The summed E-state index contributed by atoms with van der Waals surface area (Å²) in [4.78, 5) is 0. The van der Waals surface area contributed by atoms with E-state index in [0.717, 1.165) is 0 Å². The smallest absolute Gasteiger partial charge is 0.423 e. The minimum absolute atomic E-state index is 0.525. The van der Waals surface area contributed by atoms with Gasteiger partial charge in [-0.25, -0.2) is 0 Å². The second-order valence-corrected chi connectivity index (χ2v) is 2.49. The SMILES string of the molecule is C1=CC1.OB(O)c1ccccc1. The molecule has 1 aliphatic rings.